The molecule has 1 aliphatic carbocycles. The van der Waals surface area contributed by atoms with E-state index in [-0.39, 0.29) is 12.5 Å². The molecule has 1 amide bonds. The minimum Gasteiger partial charge on any atom is -0.396 e. The molecule has 102 valence electrons. The van der Waals surface area contributed by atoms with Crippen molar-refractivity contribution in [2.75, 3.05) is 26.2 Å². The van der Waals surface area contributed by atoms with Gasteiger partial charge in [0.05, 0.1) is 19.0 Å². The van der Waals surface area contributed by atoms with Crippen LogP contribution in [-0.2, 0) is 4.79 Å². The Kier molecular flexibility index (Phi) is 7.38. The zero-order valence-electron chi connectivity index (χ0n) is 10.8. The number of hydrogen-bond donors (Lipinski definition) is 3. The minimum absolute atomic E-state index is 0.0680. The second kappa shape index (κ2) is 8.90. The molecule has 1 aliphatic rings. The number of hydrogen-bond acceptors (Lipinski definition) is 4. The molecule has 1 rings (SSSR count). The van der Waals surface area contributed by atoms with Gasteiger partial charge >= 0.3 is 0 Å². The first-order valence-corrected chi connectivity index (χ1v) is 6.73. The van der Waals surface area contributed by atoms with Gasteiger partial charge in [0.2, 0.25) is 5.91 Å². The van der Waals surface area contributed by atoms with Crippen molar-refractivity contribution in [3.63, 3.8) is 0 Å². The molecule has 2 atom stereocenters. The van der Waals surface area contributed by atoms with Crippen LogP contribution in [0.25, 0.3) is 0 Å². The van der Waals surface area contributed by atoms with Gasteiger partial charge in [-0.15, -0.1) is 0 Å². The number of amides is 1. The van der Waals surface area contributed by atoms with Gasteiger partial charge in [-0.1, -0.05) is 12.8 Å². The van der Waals surface area contributed by atoms with Crippen LogP contribution in [0.4, 0.5) is 0 Å². The highest BCUT2D eigenvalue weighted by molar-refractivity contribution is 5.77. The maximum atomic E-state index is 11.4. The Hall–Kier alpha value is -1.12. The predicted octanol–water partition coefficient (Wildman–Crippen LogP) is 0.405. The van der Waals surface area contributed by atoms with Crippen molar-refractivity contribution in [3.05, 3.63) is 0 Å². The molecule has 0 radical (unpaired) electrons. The third-order valence-electron chi connectivity index (χ3n) is 3.55. The fourth-order valence-corrected chi connectivity index (χ4v) is 2.48. The van der Waals surface area contributed by atoms with Gasteiger partial charge in [0, 0.05) is 13.2 Å². The monoisotopic (exact) mass is 253 g/mol. The molecule has 0 spiro atoms. The lowest BCUT2D eigenvalue weighted by molar-refractivity contribution is -0.120. The van der Waals surface area contributed by atoms with Crippen LogP contribution in [0.2, 0.25) is 0 Å². The number of aliphatic hydroxyl groups excluding tert-OH is 1. The molecule has 0 aliphatic heterocycles. The summed E-state index contributed by atoms with van der Waals surface area (Å²) in [4.78, 5) is 11.4. The topological polar surface area (TPSA) is 85.2 Å². The van der Waals surface area contributed by atoms with Crippen molar-refractivity contribution in [2.24, 2.45) is 11.8 Å². The Labute approximate surface area is 109 Å². The lowest BCUT2D eigenvalue weighted by Crippen LogP contribution is -2.38. The standard InChI is InChI=1S/C13H23N3O2/c14-6-3-7-16-13(18)9-15-8-11-4-1-2-5-12(11)10-17/h11-12,15,17H,1-5,7-10H2,(H,16,18). The predicted molar refractivity (Wildman–Crippen MR) is 68.6 cm³/mol. The number of carbonyl (C=O) groups is 1. The van der Waals surface area contributed by atoms with E-state index in [0.29, 0.717) is 31.3 Å². The van der Waals surface area contributed by atoms with Gasteiger partial charge in [0.15, 0.2) is 0 Å². The Morgan fingerprint density at radius 2 is 2.06 bits per heavy atom. The van der Waals surface area contributed by atoms with Crippen LogP contribution in [0.5, 0.6) is 0 Å². The van der Waals surface area contributed by atoms with E-state index in [4.69, 9.17) is 5.26 Å². The molecule has 5 heteroatoms. The molecule has 0 aromatic heterocycles. The van der Waals surface area contributed by atoms with Gasteiger partial charge in [0.25, 0.3) is 0 Å². The van der Waals surface area contributed by atoms with E-state index >= 15 is 0 Å². The van der Waals surface area contributed by atoms with Gasteiger partial charge in [-0.25, -0.2) is 0 Å². The summed E-state index contributed by atoms with van der Waals surface area (Å²) in [5, 5.41) is 23.4. The highest BCUT2D eigenvalue weighted by Crippen LogP contribution is 2.28. The summed E-state index contributed by atoms with van der Waals surface area (Å²) < 4.78 is 0. The molecule has 1 fully saturated rings. The van der Waals surface area contributed by atoms with Crippen molar-refractivity contribution in [2.45, 2.75) is 32.1 Å². The van der Waals surface area contributed by atoms with Crippen LogP contribution in [0.15, 0.2) is 0 Å². The van der Waals surface area contributed by atoms with Crippen molar-refractivity contribution >= 4 is 5.91 Å². The van der Waals surface area contributed by atoms with Crippen molar-refractivity contribution in [1.29, 1.82) is 5.26 Å². The van der Waals surface area contributed by atoms with E-state index in [9.17, 15) is 9.90 Å². The Morgan fingerprint density at radius 3 is 2.72 bits per heavy atom. The zero-order chi connectivity index (χ0) is 13.2. The van der Waals surface area contributed by atoms with Gasteiger partial charge in [0.1, 0.15) is 0 Å². The van der Waals surface area contributed by atoms with Crippen LogP contribution in [0.1, 0.15) is 32.1 Å². The molecule has 18 heavy (non-hydrogen) atoms. The maximum absolute atomic E-state index is 11.4. The maximum Gasteiger partial charge on any atom is 0.233 e. The van der Waals surface area contributed by atoms with E-state index in [1.165, 1.54) is 12.8 Å². The third kappa shape index (κ3) is 5.48. The molecular formula is C13H23N3O2. The van der Waals surface area contributed by atoms with Gasteiger partial charge in [-0.2, -0.15) is 5.26 Å². The minimum atomic E-state index is -0.0680. The molecule has 0 aromatic rings. The SMILES string of the molecule is N#CCCNC(=O)CNCC1CCCCC1CO. The fourth-order valence-electron chi connectivity index (χ4n) is 2.48. The molecule has 5 nitrogen and oxygen atoms in total. The molecule has 0 bridgehead atoms. The molecule has 3 N–H and O–H groups in total. The van der Waals surface area contributed by atoms with Crippen molar-refractivity contribution in [1.82, 2.24) is 10.6 Å². The summed E-state index contributed by atoms with van der Waals surface area (Å²) in [6, 6.07) is 1.98. The summed E-state index contributed by atoms with van der Waals surface area (Å²) >= 11 is 0. The Balaban J connectivity index is 2.12. The molecule has 2 unspecified atom stereocenters. The first-order valence-electron chi connectivity index (χ1n) is 6.73. The smallest absolute Gasteiger partial charge is 0.233 e. The van der Waals surface area contributed by atoms with Crippen molar-refractivity contribution < 1.29 is 9.90 Å². The lowest BCUT2D eigenvalue weighted by atomic mass is 9.79. The normalized spacial score (nSPS) is 23.3. The first-order chi connectivity index (χ1) is 8.77. The van der Waals surface area contributed by atoms with Crippen LogP contribution >= 0.6 is 0 Å². The zero-order valence-corrected chi connectivity index (χ0v) is 10.8. The Morgan fingerprint density at radius 1 is 1.33 bits per heavy atom. The quantitative estimate of drug-likeness (QED) is 0.573. The van der Waals surface area contributed by atoms with E-state index < -0.39 is 0 Å². The lowest BCUT2D eigenvalue weighted by Gasteiger charge is -2.30. The number of nitriles is 1. The van der Waals surface area contributed by atoms with Crippen LogP contribution in [0.3, 0.4) is 0 Å². The second-order valence-corrected chi connectivity index (χ2v) is 4.88. The molecule has 0 heterocycles. The van der Waals surface area contributed by atoms with Crippen LogP contribution < -0.4 is 10.6 Å². The van der Waals surface area contributed by atoms with Crippen LogP contribution in [-0.4, -0.2) is 37.3 Å². The summed E-state index contributed by atoms with van der Waals surface area (Å²) in [5.41, 5.74) is 0. The van der Waals surface area contributed by atoms with Gasteiger partial charge in [-0.3, -0.25) is 4.79 Å². The number of rotatable bonds is 7. The summed E-state index contributed by atoms with van der Waals surface area (Å²) in [5.74, 6) is 0.796. The van der Waals surface area contributed by atoms with Gasteiger partial charge in [-0.05, 0) is 31.2 Å². The third-order valence-corrected chi connectivity index (χ3v) is 3.55. The summed E-state index contributed by atoms with van der Waals surface area (Å²) in [7, 11) is 0. The average Bonchev–Trinajstić information content (AvgIpc) is 2.39. The summed E-state index contributed by atoms with van der Waals surface area (Å²) in [6.45, 7) is 1.75. The van der Waals surface area contributed by atoms with Gasteiger partial charge < -0.3 is 15.7 Å². The molecule has 0 saturated heterocycles. The molecule has 1 saturated carbocycles. The molecule has 0 aromatic carbocycles. The number of carbonyl (C=O) groups excluding carboxylic acids is 1. The van der Waals surface area contributed by atoms with Crippen molar-refractivity contribution in [3.8, 4) is 6.07 Å². The highest BCUT2D eigenvalue weighted by Gasteiger charge is 2.23. The average molecular weight is 253 g/mol. The number of nitrogens with one attached hydrogen (secondary N) is 2. The fraction of sp³-hybridized carbons (Fsp3) is 0.846. The number of nitrogens with zero attached hydrogens (tertiary/aromatic N) is 1. The van der Waals surface area contributed by atoms with E-state index in [0.717, 1.165) is 19.4 Å². The molecular weight excluding hydrogens is 230 g/mol. The van der Waals surface area contributed by atoms with Crippen LogP contribution in [0, 0.1) is 23.2 Å². The Bertz CT molecular complexity index is 288. The highest BCUT2D eigenvalue weighted by atomic mass is 16.3. The largest absolute Gasteiger partial charge is 0.396 e. The van der Waals surface area contributed by atoms with E-state index in [1.807, 2.05) is 6.07 Å². The van der Waals surface area contributed by atoms with E-state index in [1.54, 1.807) is 0 Å². The summed E-state index contributed by atoms with van der Waals surface area (Å²) in [6.07, 6.45) is 5.00. The first kappa shape index (κ1) is 14.9. The second-order valence-electron chi connectivity index (χ2n) is 4.88. The van der Waals surface area contributed by atoms with E-state index in [2.05, 4.69) is 10.6 Å². The number of aliphatic hydroxyl groups is 1.